The third-order valence-electron chi connectivity index (χ3n) is 4.79. The molecule has 31 heavy (non-hydrogen) atoms. The Morgan fingerprint density at radius 2 is 2.00 bits per heavy atom. The summed E-state index contributed by atoms with van der Waals surface area (Å²) < 4.78 is 11.3. The molecule has 1 aliphatic rings. The molecule has 1 N–H and O–H groups in total. The number of ether oxygens (including phenoxy) is 2. The van der Waals surface area contributed by atoms with Gasteiger partial charge in [-0.1, -0.05) is 41.4 Å². The second-order valence-corrected chi connectivity index (χ2v) is 8.71. The first-order valence-electron chi connectivity index (χ1n) is 9.80. The van der Waals surface area contributed by atoms with Crippen molar-refractivity contribution >= 4 is 45.6 Å². The fourth-order valence-electron chi connectivity index (χ4n) is 3.16. The van der Waals surface area contributed by atoms with Crippen LogP contribution >= 0.6 is 34.5 Å². The third-order valence-corrected chi connectivity index (χ3v) is 6.18. The number of halogens is 2. The molecule has 1 aromatic heterocycles. The number of nitrogens with zero attached hydrogens (tertiary/aromatic N) is 2. The van der Waals surface area contributed by atoms with Gasteiger partial charge < -0.3 is 9.47 Å². The lowest BCUT2D eigenvalue weighted by atomic mass is 10.2. The number of carbonyl (C=O) groups is 1. The molecule has 3 aromatic rings. The molecule has 9 heteroatoms. The maximum atomic E-state index is 12.9. The first-order chi connectivity index (χ1) is 15.1. The van der Waals surface area contributed by atoms with Crippen molar-refractivity contribution in [3.05, 3.63) is 74.7 Å². The first kappa shape index (κ1) is 22.0. The molecular formula is C22H21Cl2N3O3S. The highest BCUT2D eigenvalue weighted by Gasteiger charge is 2.16. The minimum Gasteiger partial charge on any atom is -0.488 e. The number of thiazole rings is 1. The van der Waals surface area contributed by atoms with E-state index in [1.54, 1.807) is 36.4 Å². The van der Waals surface area contributed by atoms with Gasteiger partial charge in [0.25, 0.3) is 5.91 Å². The Hall–Kier alpha value is -2.16. The summed E-state index contributed by atoms with van der Waals surface area (Å²) in [5, 5.41) is 6.48. The van der Waals surface area contributed by atoms with E-state index < -0.39 is 0 Å². The molecule has 162 valence electrons. The molecule has 1 fully saturated rings. The minimum absolute atomic E-state index is 0.223. The van der Waals surface area contributed by atoms with Crippen molar-refractivity contribution in [1.29, 1.82) is 0 Å². The van der Waals surface area contributed by atoms with Crippen molar-refractivity contribution in [2.45, 2.75) is 13.2 Å². The normalized spacial score (nSPS) is 14.4. The molecular weight excluding hydrogens is 457 g/mol. The van der Waals surface area contributed by atoms with Crippen LogP contribution in [-0.2, 0) is 17.9 Å². The number of nitrogens with one attached hydrogen (secondary N) is 1. The molecule has 0 bridgehead atoms. The van der Waals surface area contributed by atoms with Crippen molar-refractivity contribution in [2.24, 2.45) is 0 Å². The second-order valence-electron chi connectivity index (χ2n) is 7.01. The Morgan fingerprint density at radius 3 is 2.81 bits per heavy atom. The van der Waals surface area contributed by atoms with Gasteiger partial charge in [0.1, 0.15) is 12.4 Å². The summed E-state index contributed by atoms with van der Waals surface area (Å²) >= 11 is 13.6. The zero-order chi connectivity index (χ0) is 21.6. The predicted molar refractivity (Wildman–Crippen MR) is 123 cm³/mol. The van der Waals surface area contributed by atoms with E-state index in [9.17, 15) is 4.79 Å². The molecule has 0 saturated carbocycles. The van der Waals surface area contributed by atoms with E-state index in [0.717, 1.165) is 44.1 Å². The first-order valence-corrected chi connectivity index (χ1v) is 11.4. The van der Waals surface area contributed by atoms with Gasteiger partial charge in [-0.3, -0.25) is 15.0 Å². The summed E-state index contributed by atoms with van der Waals surface area (Å²) in [6, 6.07) is 12.3. The van der Waals surface area contributed by atoms with Crippen LogP contribution < -0.4 is 10.1 Å². The molecule has 0 atom stereocenters. The fraction of sp³-hybridized carbons (Fsp3) is 0.273. The molecule has 4 rings (SSSR count). The Labute approximate surface area is 194 Å². The number of hydrogen-bond donors (Lipinski definition) is 1. The third kappa shape index (κ3) is 5.96. The summed E-state index contributed by atoms with van der Waals surface area (Å²) in [4.78, 5) is 19.7. The Morgan fingerprint density at radius 1 is 1.19 bits per heavy atom. The summed E-state index contributed by atoms with van der Waals surface area (Å²) in [6.07, 6.45) is 0. The lowest BCUT2D eigenvalue weighted by molar-refractivity contribution is 0.0337. The van der Waals surface area contributed by atoms with E-state index in [4.69, 9.17) is 32.7 Å². The van der Waals surface area contributed by atoms with Crippen LogP contribution in [0.3, 0.4) is 0 Å². The molecule has 0 aliphatic carbocycles. The van der Waals surface area contributed by atoms with Crippen LogP contribution in [0.1, 0.15) is 21.6 Å². The van der Waals surface area contributed by atoms with Crippen LogP contribution in [0.5, 0.6) is 5.75 Å². The zero-order valence-electron chi connectivity index (χ0n) is 16.6. The van der Waals surface area contributed by atoms with Crippen molar-refractivity contribution < 1.29 is 14.3 Å². The number of aromatic nitrogens is 1. The average Bonchev–Trinajstić information content (AvgIpc) is 3.20. The van der Waals surface area contributed by atoms with Crippen LogP contribution in [0.2, 0.25) is 10.0 Å². The fourth-order valence-corrected chi connectivity index (χ4v) is 4.32. The van der Waals surface area contributed by atoms with Gasteiger partial charge in [-0.05, 0) is 24.3 Å². The number of morpholine rings is 1. The lowest BCUT2D eigenvalue weighted by Gasteiger charge is -2.25. The predicted octanol–water partition coefficient (Wildman–Crippen LogP) is 5.11. The standard InChI is InChI=1S/C22H21Cl2N3O3S/c23-16-6-5-15(19(24)11-16)13-30-20-4-2-1-3-18(20)21(28)26-22-25-17(14-31-22)12-27-7-9-29-10-8-27/h1-6,11,14H,7-10,12-13H2,(H,25,26,28). The molecule has 0 unspecified atom stereocenters. The van der Waals surface area contributed by atoms with Crippen molar-refractivity contribution in [3.63, 3.8) is 0 Å². The zero-order valence-corrected chi connectivity index (χ0v) is 19.0. The summed E-state index contributed by atoms with van der Waals surface area (Å²) in [6.45, 7) is 4.24. The minimum atomic E-state index is -0.273. The molecule has 6 nitrogen and oxygen atoms in total. The van der Waals surface area contributed by atoms with Gasteiger partial charge in [0, 0.05) is 40.6 Å². The molecule has 1 amide bonds. The number of para-hydroxylation sites is 1. The highest BCUT2D eigenvalue weighted by atomic mass is 35.5. The van der Waals surface area contributed by atoms with Crippen molar-refractivity contribution in [3.8, 4) is 5.75 Å². The monoisotopic (exact) mass is 477 g/mol. The van der Waals surface area contributed by atoms with Gasteiger partial charge in [0.05, 0.1) is 24.5 Å². The molecule has 2 aromatic carbocycles. The lowest BCUT2D eigenvalue weighted by Crippen LogP contribution is -2.35. The smallest absolute Gasteiger partial charge is 0.261 e. The number of amides is 1. The van der Waals surface area contributed by atoms with Crippen LogP contribution in [0.25, 0.3) is 0 Å². The topological polar surface area (TPSA) is 63.7 Å². The van der Waals surface area contributed by atoms with Crippen molar-refractivity contribution in [1.82, 2.24) is 9.88 Å². The molecule has 0 spiro atoms. The quantitative estimate of drug-likeness (QED) is 0.511. The van der Waals surface area contributed by atoms with E-state index in [1.165, 1.54) is 11.3 Å². The van der Waals surface area contributed by atoms with E-state index in [0.29, 0.717) is 26.5 Å². The van der Waals surface area contributed by atoms with Crippen LogP contribution in [0.4, 0.5) is 5.13 Å². The number of benzene rings is 2. The van der Waals surface area contributed by atoms with Crippen LogP contribution in [0.15, 0.2) is 47.8 Å². The van der Waals surface area contributed by atoms with Crippen LogP contribution in [-0.4, -0.2) is 42.1 Å². The van der Waals surface area contributed by atoms with E-state index in [1.807, 2.05) is 11.4 Å². The number of hydrogen-bond acceptors (Lipinski definition) is 6. The highest BCUT2D eigenvalue weighted by molar-refractivity contribution is 7.14. The van der Waals surface area contributed by atoms with E-state index in [-0.39, 0.29) is 12.5 Å². The highest BCUT2D eigenvalue weighted by Crippen LogP contribution is 2.26. The Bertz CT molecular complexity index is 1050. The largest absolute Gasteiger partial charge is 0.488 e. The summed E-state index contributed by atoms with van der Waals surface area (Å²) in [7, 11) is 0. The molecule has 1 saturated heterocycles. The van der Waals surface area contributed by atoms with Gasteiger partial charge in [-0.2, -0.15) is 0 Å². The average molecular weight is 478 g/mol. The van der Waals surface area contributed by atoms with E-state index in [2.05, 4.69) is 15.2 Å². The molecule has 1 aliphatic heterocycles. The molecule has 0 radical (unpaired) electrons. The van der Waals surface area contributed by atoms with Crippen LogP contribution in [0, 0.1) is 0 Å². The Kier molecular flexibility index (Phi) is 7.42. The van der Waals surface area contributed by atoms with E-state index >= 15 is 0 Å². The van der Waals surface area contributed by atoms with Gasteiger partial charge in [0.2, 0.25) is 0 Å². The number of rotatable bonds is 7. The number of anilines is 1. The van der Waals surface area contributed by atoms with Crippen molar-refractivity contribution in [2.75, 3.05) is 31.6 Å². The van der Waals surface area contributed by atoms with Gasteiger partial charge in [-0.15, -0.1) is 11.3 Å². The maximum absolute atomic E-state index is 12.9. The maximum Gasteiger partial charge on any atom is 0.261 e. The van der Waals surface area contributed by atoms with Gasteiger partial charge in [-0.25, -0.2) is 4.98 Å². The molecule has 2 heterocycles. The van der Waals surface area contributed by atoms with Gasteiger partial charge in [0.15, 0.2) is 5.13 Å². The number of carbonyl (C=O) groups excluding carboxylic acids is 1. The second kappa shape index (κ2) is 10.4. The SMILES string of the molecule is O=C(Nc1nc(CN2CCOCC2)cs1)c1ccccc1OCc1ccc(Cl)cc1Cl. The summed E-state index contributed by atoms with van der Waals surface area (Å²) in [5.74, 6) is 0.196. The Balaban J connectivity index is 1.40. The summed E-state index contributed by atoms with van der Waals surface area (Å²) in [5.41, 5.74) is 2.15. The van der Waals surface area contributed by atoms with Gasteiger partial charge >= 0.3 is 0 Å².